The van der Waals surface area contributed by atoms with Crippen LogP contribution < -0.4 is 11.5 Å². The second kappa shape index (κ2) is 3.89. The summed E-state index contributed by atoms with van der Waals surface area (Å²) in [6.07, 6.45) is 0. The molecule has 0 atom stereocenters. The molecule has 0 aliphatic heterocycles. The van der Waals surface area contributed by atoms with Crippen LogP contribution >= 0.6 is 0 Å². The van der Waals surface area contributed by atoms with Crippen LogP contribution in [0.5, 0.6) is 0 Å². The minimum Gasteiger partial charge on any atom is -0.399 e. The summed E-state index contributed by atoms with van der Waals surface area (Å²) in [7, 11) is 0. The van der Waals surface area contributed by atoms with Crippen molar-refractivity contribution in [3.8, 4) is 11.1 Å². The summed E-state index contributed by atoms with van der Waals surface area (Å²) >= 11 is 0. The summed E-state index contributed by atoms with van der Waals surface area (Å²) in [5.41, 5.74) is 17.9. The number of hydrogen-bond acceptors (Lipinski definition) is 2. The van der Waals surface area contributed by atoms with Gasteiger partial charge in [0.05, 0.1) is 0 Å². The SMILES string of the molecule is Cc1ccccc1-c1cc(N)cc(N)c1C. The third-order valence-electron chi connectivity index (χ3n) is 2.91. The molecular weight excluding hydrogens is 196 g/mol. The highest BCUT2D eigenvalue weighted by atomic mass is 14.6. The fourth-order valence-corrected chi connectivity index (χ4v) is 1.91. The first-order valence-electron chi connectivity index (χ1n) is 5.31. The first-order chi connectivity index (χ1) is 7.59. The van der Waals surface area contributed by atoms with E-state index in [1.807, 2.05) is 25.1 Å². The Balaban J connectivity index is 2.69. The molecule has 2 aromatic rings. The molecule has 0 spiro atoms. The highest BCUT2D eigenvalue weighted by Gasteiger charge is 2.07. The van der Waals surface area contributed by atoms with Gasteiger partial charge in [-0.05, 0) is 48.2 Å². The lowest BCUT2D eigenvalue weighted by Gasteiger charge is -2.12. The van der Waals surface area contributed by atoms with Crippen molar-refractivity contribution in [2.75, 3.05) is 11.5 Å². The molecule has 0 unspecified atom stereocenters. The van der Waals surface area contributed by atoms with Crippen molar-refractivity contribution in [3.05, 3.63) is 47.5 Å². The fraction of sp³-hybridized carbons (Fsp3) is 0.143. The van der Waals surface area contributed by atoms with Gasteiger partial charge < -0.3 is 11.5 Å². The highest BCUT2D eigenvalue weighted by molar-refractivity contribution is 5.78. The van der Waals surface area contributed by atoms with Crippen LogP contribution in [0, 0.1) is 13.8 Å². The van der Waals surface area contributed by atoms with Gasteiger partial charge in [-0.1, -0.05) is 24.3 Å². The second-order valence-electron chi connectivity index (χ2n) is 4.10. The lowest BCUT2D eigenvalue weighted by molar-refractivity contribution is 1.41. The van der Waals surface area contributed by atoms with Crippen LogP contribution in [-0.4, -0.2) is 0 Å². The first-order valence-corrected chi connectivity index (χ1v) is 5.31. The van der Waals surface area contributed by atoms with Crippen LogP contribution in [0.25, 0.3) is 11.1 Å². The van der Waals surface area contributed by atoms with Crippen LogP contribution in [0.1, 0.15) is 11.1 Å². The van der Waals surface area contributed by atoms with E-state index in [1.54, 1.807) is 6.07 Å². The summed E-state index contributed by atoms with van der Waals surface area (Å²) in [6, 6.07) is 12.0. The second-order valence-corrected chi connectivity index (χ2v) is 4.10. The van der Waals surface area contributed by atoms with Gasteiger partial charge >= 0.3 is 0 Å². The van der Waals surface area contributed by atoms with Gasteiger partial charge in [-0.3, -0.25) is 0 Å². The van der Waals surface area contributed by atoms with E-state index >= 15 is 0 Å². The number of nitrogens with two attached hydrogens (primary N) is 2. The third kappa shape index (κ3) is 1.74. The smallest absolute Gasteiger partial charge is 0.0370 e. The van der Waals surface area contributed by atoms with E-state index in [-0.39, 0.29) is 0 Å². The van der Waals surface area contributed by atoms with Crippen LogP contribution in [0.15, 0.2) is 36.4 Å². The van der Waals surface area contributed by atoms with E-state index in [0.717, 1.165) is 16.8 Å². The Labute approximate surface area is 95.9 Å². The molecule has 2 nitrogen and oxygen atoms in total. The quantitative estimate of drug-likeness (QED) is 0.713. The van der Waals surface area contributed by atoms with Crippen molar-refractivity contribution in [1.82, 2.24) is 0 Å². The molecule has 2 heteroatoms. The van der Waals surface area contributed by atoms with Crippen molar-refractivity contribution >= 4 is 11.4 Å². The van der Waals surface area contributed by atoms with Gasteiger partial charge in [0.2, 0.25) is 0 Å². The molecule has 4 N–H and O–H groups in total. The molecule has 0 aromatic heterocycles. The molecule has 2 aromatic carbocycles. The van der Waals surface area contributed by atoms with Gasteiger partial charge in [0.25, 0.3) is 0 Å². The fourth-order valence-electron chi connectivity index (χ4n) is 1.91. The largest absolute Gasteiger partial charge is 0.399 e. The average molecular weight is 212 g/mol. The summed E-state index contributed by atoms with van der Waals surface area (Å²) in [5, 5.41) is 0. The number of anilines is 2. The Morgan fingerprint density at radius 1 is 0.875 bits per heavy atom. The normalized spacial score (nSPS) is 10.4. The molecule has 0 radical (unpaired) electrons. The molecule has 0 fully saturated rings. The van der Waals surface area contributed by atoms with Gasteiger partial charge in [-0.25, -0.2) is 0 Å². The zero-order valence-corrected chi connectivity index (χ0v) is 9.62. The minimum absolute atomic E-state index is 0.710. The van der Waals surface area contributed by atoms with E-state index in [2.05, 4.69) is 19.1 Å². The maximum Gasteiger partial charge on any atom is 0.0370 e. The number of aryl methyl sites for hydroxylation is 1. The van der Waals surface area contributed by atoms with Crippen LogP contribution in [0.2, 0.25) is 0 Å². The lowest BCUT2D eigenvalue weighted by Crippen LogP contribution is -1.97. The summed E-state index contributed by atoms with van der Waals surface area (Å²) in [6.45, 7) is 4.12. The Hall–Kier alpha value is -1.96. The van der Waals surface area contributed by atoms with Gasteiger partial charge in [0.15, 0.2) is 0 Å². The molecule has 16 heavy (non-hydrogen) atoms. The molecular formula is C14H16N2. The molecule has 0 aliphatic carbocycles. The molecule has 2 rings (SSSR count). The summed E-state index contributed by atoms with van der Waals surface area (Å²) < 4.78 is 0. The maximum atomic E-state index is 5.93. The van der Waals surface area contributed by atoms with E-state index < -0.39 is 0 Å². The number of rotatable bonds is 1. The van der Waals surface area contributed by atoms with Crippen molar-refractivity contribution in [1.29, 1.82) is 0 Å². The maximum absolute atomic E-state index is 5.93. The molecule has 0 aliphatic rings. The Morgan fingerprint density at radius 3 is 2.25 bits per heavy atom. The standard InChI is InChI=1S/C14H16N2/c1-9-5-3-4-6-12(9)13-7-11(15)8-14(16)10(13)2/h3-8H,15-16H2,1-2H3. The van der Waals surface area contributed by atoms with Crippen molar-refractivity contribution in [2.24, 2.45) is 0 Å². The van der Waals surface area contributed by atoms with Crippen molar-refractivity contribution < 1.29 is 0 Å². The number of hydrogen-bond donors (Lipinski definition) is 2. The topological polar surface area (TPSA) is 52.0 Å². The molecule has 0 amide bonds. The van der Waals surface area contributed by atoms with E-state index in [9.17, 15) is 0 Å². The number of nitrogen functional groups attached to an aromatic ring is 2. The first kappa shape index (κ1) is 10.6. The summed E-state index contributed by atoms with van der Waals surface area (Å²) in [5.74, 6) is 0. The van der Waals surface area contributed by atoms with Crippen LogP contribution in [-0.2, 0) is 0 Å². The third-order valence-corrected chi connectivity index (χ3v) is 2.91. The lowest BCUT2D eigenvalue weighted by atomic mass is 9.95. The van der Waals surface area contributed by atoms with Crippen LogP contribution in [0.3, 0.4) is 0 Å². The average Bonchev–Trinajstić information content (AvgIpc) is 2.24. The monoisotopic (exact) mass is 212 g/mol. The highest BCUT2D eigenvalue weighted by Crippen LogP contribution is 2.31. The van der Waals surface area contributed by atoms with Crippen LogP contribution in [0.4, 0.5) is 11.4 Å². The Morgan fingerprint density at radius 2 is 1.56 bits per heavy atom. The van der Waals surface area contributed by atoms with Gasteiger partial charge in [0.1, 0.15) is 0 Å². The zero-order valence-electron chi connectivity index (χ0n) is 9.62. The minimum atomic E-state index is 0.710. The van der Waals surface area contributed by atoms with Gasteiger partial charge in [-0.2, -0.15) is 0 Å². The van der Waals surface area contributed by atoms with E-state index in [1.165, 1.54) is 11.1 Å². The van der Waals surface area contributed by atoms with E-state index in [0.29, 0.717) is 5.69 Å². The predicted octanol–water partition coefficient (Wildman–Crippen LogP) is 3.13. The Bertz CT molecular complexity index is 530. The summed E-state index contributed by atoms with van der Waals surface area (Å²) in [4.78, 5) is 0. The molecule has 0 saturated heterocycles. The molecule has 82 valence electrons. The molecule has 0 bridgehead atoms. The molecule has 0 heterocycles. The van der Waals surface area contributed by atoms with Crippen molar-refractivity contribution in [3.63, 3.8) is 0 Å². The van der Waals surface area contributed by atoms with Gasteiger partial charge in [-0.15, -0.1) is 0 Å². The van der Waals surface area contributed by atoms with E-state index in [4.69, 9.17) is 11.5 Å². The van der Waals surface area contributed by atoms with Gasteiger partial charge in [0, 0.05) is 11.4 Å². The zero-order chi connectivity index (χ0) is 11.7. The molecule has 0 saturated carbocycles. The van der Waals surface area contributed by atoms with Crippen molar-refractivity contribution in [2.45, 2.75) is 13.8 Å². The number of benzene rings is 2. The predicted molar refractivity (Wildman–Crippen MR) is 70.2 cm³/mol. The Kier molecular flexibility index (Phi) is 2.57.